The van der Waals surface area contributed by atoms with Gasteiger partial charge in [-0.1, -0.05) is 37.3 Å². The van der Waals surface area contributed by atoms with E-state index < -0.39 is 0 Å². The van der Waals surface area contributed by atoms with Gasteiger partial charge >= 0.3 is 0 Å². The van der Waals surface area contributed by atoms with E-state index in [2.05, 4.69) is 29.7 Å². The second-order valence-corrected chi connectivity index (χ2v) is 7.11. The predicted molar refractivity (Wildman–Crippen MR) is 105 cm³/mol. The maximum atomic E-state index is 12.4. The fraction of sp³-hybridized carbons (Fsp3) is 0.318. The van der Waals surface area contributed by atoms with Crippen LogP contribution in [0, 0.1) is 5.92 Å². The van der Waals surface area contributed by atoms with Crippen LogP contribution in [0.4, 0.5) is 0 Å². The largest absolute Gasteiger partial charge is 0.486 e. The van der Waals surface area contributed by atoms with E-state index in [1.165, 1.54) is 5.39 Å². The molecule has 0 bridgehead atoms. The van der Waals surface area contributed by atoms with E-state index in [4.69, 9.17) is 9.15 Å². The number of carbonyl (C=O) groups excluding carboxylic acids is 1. The number of piperidine rings is 1. The molecule has 0 saturated carbocycles. The third kappa shape index (κ3) is 4.14. The zero-order chi connectivity index (χ0) is 18.6. The van der Waals surface area contributed by atoms with E-state index in [0.717, 1.165) is 30.6 Å². The minimum atomic E-state index is -0.161. The lowest BCUT2D eigenvalue weighted by Crippen LogP contribution is -2.48. The third-order valence-corrected chi connectivity index (χ3v) is 5.09. The van der Waals surface area contributed by atoms with Gasteiger partial charge in [0.1, 0.15) is 18.1 Å². The van der Waals surface area contributed by atoms with Crippen molar-refractivity contribution in [3.8, 4) is 5.75 Å². The summed E-state index contributed by atoms with van der Waals surface area (Å²) in [5.74, 6) is 1.99. The molecule has 2 atom stereocenters. The number of hydrogen-bond acceptors (Lipinski definition) is 4. The normalized spacial score (nSPS) is 19.7. The van der Waals surface area contributed by atoms with Crippen LogP contribution < -0.4 is 15.4 Å². The molecule has 2 N–H and O–H groups in total. The molecule has 1 aromatic heterocycles. The molecule has 5 heteroatoms. The number of ether oxygens (including phenoxy) is 1. The zero-order valence-corrected chi connectivity index (χ0v) is 15.4. The van der Waals surface area contributed by atoms with Crippen LogP contribution in [-0.4, -0.2) is 25.0 Å². The third-order valence-electron chi connectivity index (χ3n) is 5.09. The Hall–Kier alpha value is -2.79. The zero-order valence-electron chi connectivity index (χ0n) is 15.4. The number of nitrogens with one attached hydrogen (secondary N) is 2. The summed E-state index contributed by atoms with van der Waals surface area (Å²) in [6, 6.07) is 17.8. The Kier molecular flexibility index (Phi) is 5.12. The number of benzene rings is 2. The minimum absolute atomic E-state index is 0.161. The van der Waals surface area contributed by atoms with Gasteiger partial charge in [-0.2, -0.15) is 0 Å². The molecule has 0 aliphatic carbocycles. The van der Waals surface area contributed by atoms with Gasteiger partial charge in [0.25, 0.3) is 5.91 Å². The summed E-state index contributed by atoms with van der Waals surface area (Å²) in [4.78, 5) is 12.4. The summed E-state index contributed by atoms with van der Waals surface area (Å²) in [5, 5.41) is 8.72. The summed E-state index contributed by atoms with van der Waals surface area (Å²) < 4.78 is 11.5. The van der Waals surface area contributed by atoms with Crippen molar-refractivity contribution < 1.29 is 13.9 Å². The molecule has 2 heterocycles. The fourth-order valence-corrected chi connectivity index (χ4v) is 3.46. The van der Waals surface area contributed by atoms with E-state index in [9.17, 15) is 4.79 Å². The van der Waals surface area contributed by atoms with Crippen molar-refractivity contribution in [3.63, 3.8) is 0 Å². The SMILES string of the molecule is CC1CNCCC1NC(=O)c1ccc(COc2ccc3ccccc3c2)o1. The molecule has 1 saturated heterocycles. The molecular formula is C22H24N2O3. The Morgan fingerprint density at radius 3 is 2.89 bits per heavy atom. The van der Waals surface area contributed by atoms with Crippen molar-refractivity contribution in [3.05, 3.63) is 66.1 Å². The van der Waals surface area contributed by atoms with Gasteiger partial charge < -0.3 is 19.8 Å². The average Bonchev–Trinajstić information content (AvgIpc) is 3.17. The standard InChI is InChI=1S/C22H24N2O3/c1-15-13-23-11-10-20(15)24-22(25)21-9-8-19(27-21)14-26-18-7-6-16-4-2-3-5-17(16)12-18/h2-9,12,15,20,23H,10-11,13-14H2,1H3,(H,24,25). The van der Waals surface area contributed by atoms with Crippen molar-refractivity contribution >= 4 is 16.7 Å². The quantitative estimate of drug-likeness (QED) is 0.724. The van der Waals surface area contributed by atoms with E-state index >= 15 is 0 Å². The lowest BCUT2D eigenvalue weighted by Gasteiger charge is -2.29. The van der Waals surface area contributed by atoms with Crippen LogP contribution in [-0.2, 0) is 6.61 Å². The molecule has 1 amide bonds. The van der Waals surface area contributed by atoms with Crippen molar-refractivity contribution in [2.75, 3.05) is 13.1 Å². The molecule has 2 unspecified atom stereocenters. The first kappa shape index (κ1) is 17.6. The van der Waals surface area contributed by atoms with Gasteiger partial charge in [-0.3, -0.25) is 4.79 Å². The van der Waals surface area contributed by atoms with Gasteiger partial charge in [0.05, 0.1) is 0 Å². The van der Waals surface area contributed by atoms with E-state index in [0.29, 0.717) is 17.4 Å². The van der Waals surface area contributed by atoms with E-state index in [1.54, 1.807) is 12.1 Å². The van der Waals surface area contributed by atoms with Crippen molar-refractivity contribution in [1.29, 1.82) is 0 Å². The first-order valence-electron chi connectivity index (χ1n) is 9.41. The Balaban J connectivity index is 1.36. The first-order valence-corrected chi connectivity index (χ1v) is 9.41. The first-order chi connectivity index (χ1) is 13.2. The molecular weight excluding hydrogens is 340 g/mol. The number of carbonyl (C=O) groups is 1. The van der Waals surface area contributed by atoms with Gasteiger partial charge in [0, 0.05) is 6.04 Å². The van der Waals surface area contributed by atoms with Crippen LogP contribution in [0.25, 0.3) is 10.8 Å². The Morgan fingerprint density at radius 1 is 1.19 bits per heavy atom. The fourth-order valence-electron chi connectivity index (χ4n) is 3.46. The van der Waals surface area contributed by atoms with E-state index in [-0.39, 0.29) is 18.6 Å². The molecule has 0 spiro atoms. The van der Waals surface area contributed by atoms with Crippen LogP contribution in [0.2, 0.25) is 0 Å². The monoisotopic (exact) mass is 364 g/mol. The highest BCUT2D eigenvalue weighted by atomic mass is 16.5. The Bertz CT molecular complexity index is 934. The predicted octanol–water partition coefficient (Wildman–Crippen LogP) is 3.74. The molecule has 1 fully saturated rings. The maximum absolute atomic E-state index is 12.4. The van der Waals surface area contributed by atoms with Crippen LogP contribution in [0.1, 0.15) is 29.7 Å². The van der Waals surface area contributed by atoms with Crippen molar-refractivity contribution in [1.82, 2.24) is 10.6 Å². The maximum Gasteiger partial charge on any atom is 0.287 e. The summed E-state index contributed by atoms with van der Waals surface area (Å²) in [6.07, 6.45) is 0.936. The molecule has 3 aromatic rings. The van der Waals surface area contributed by atoms with Crippen molar-refractivity contribution in [2.45, 2.75) is 26.0 Å². The highest BCUT2D eigenvalue weighted by Crippen LogP contribution is 2.22. The number of furan rings is 1. The van der Waals surface area contributed by atoms with Gasteiger partial charge in [-0.05, 0) is 60.5 Å². The van der Waals surface area contributed by atoms with Gasteiger partial charge in [-0.15, -0.1) is 0 Å². The summed E-state index contributed by atoms with van der Waals surface area (Å²) in [6.45, 7) is 4.28. The highest BCUT2D eigenvalue weighted by molar-refractivity contribution is 5.91. The second kappa shape index (κ2) is 7.84. The minimum Gasteiger partial charge on any atom is -0.486 e. The number of rotatable bonds is 5. The topological polar surface area (TPSA) is 63.5 Å². The molecule has 0 radical (unpaired) electrons. The highest BCUT2D eigenvalue weighted by Gasteiger charge is 2.24. The molecule has 1 aliphatic heterocycles. The lowest BCUT2D eigenvalue weighted by atomic mass is 9.95. The lowest BCUT2D eigenvalue weighted by molar-refractivity contribution is 0.0882. The van der Waals surface area contributed by atoms with Crippen LogP contribution in [0.5, 0.6) is 5.75 Å². The summed E-state index contributed by atoms with van der Waals surface area (Å²) in [5.41, 5.74) is 0. The average molecular weight is 364 g/mol. The molecule has 27 heavy (non-hydrogen) atoms. The number of fused-ring (bicyclic) bond motifs is 1. The Labute approximate surface area is 158 Å². The summed E-state index contributed by atoms with van der Waals surface area (Å²) in [7, 11) is 0. The van der Waals surface area contributed by atoms with Crippen LogP contribution in [0.15, 0.2) is 59.0 Å². The van der Waals surface area contributed by atoms with E-state index in [1.807, 2.05) is 30.3 Å². The number of hydrogen-bond donors (Lipinski definition) is 2. The molecule has 5 nitrogen and oxygen atoms in total. The smallest absolute Gasteiger partial charge is 0.287 e. The molecule has 1 aliphatic rings. The van der Waals surface area contributed by atoms with Crippen LogP contribution in [0.3, 0.4) is 0 Å². The van der Waals surface area contributed by atoms with Crippen molar-refractivity contribution in [2.24, 2.45) is 5.92 Å². The molecule has 140 valence electrons. The summed E-state index contributed by atoms with van der Waals surface area (Å²) >= 11 is 0. The molecule has 4 rings (SSSR count). The van der Waals surface area contributed by atoms with Crippen LogP contribution >= 0.6 is 0 Å². The van der Waals surface area contributed by atoms with Gasteiger partial charge in [0.15, 0.2) is 5.76 Å². The molecule has 2 aromatic carbocycles. The number of amides is 1. The Morgan fingerprint density at radius 2 is 2.04 bits per heavy atom. The second-order valence-electron chi connectivity index (χ2n) is 7.11. The van der Waals surface area contributed by atoms with Gasteiger partial charge in [-0.25, -0.2) is 0 Å². The van der Waals surface area contributed by atoms with Gasteiger partial charge in [0.2, 0.25) is 0 Å².